The monoisotopic (exact) mass is 376 g/mol. The maximum atomic E-state index is 2.58. The maximum absolute atomic E-state index is 2.58. The number of benzene rings is 2. The maximum Gasteiger partial charge on any atom is 0.146 e. The van der Waals surface area contributed by atoms with Gasteiger partial charge in [-0.2, -0.15) is 0 Å². The molecule has 4 nitrogen and oxygen atoms in total. The molecule has 0 unspecified atom stereocenters. The number of hydrogen-bond acceptors (Lipinski definition) is 4. The molecule has 0 radical (unpaired) electrons. The van der Waals surface area contributed by atoms with E-state index < -0.39 is 0 Å². The molecule has 0 saturated carbocycles. The van der Waals surface area contributed by atoms with E-state index in [9.17, 15) is 0 Å². The standard InChI is InChI=1S/C24H32N4/c1-3-25-15-17-27(19-21-11-7-5-8-12-21)23(25)24-26(4-2)16-18-28(24)20-22-13-9-6-10-14-22/h5-14H,3-4,15-20H2,1-2H3/b24-23-. The second-order valence-corrected chi connectivity index (χ2v) is 7.62. The molecule has 2 aromatic carbocycles. The summed E-state index contributed by atoms with van der Waals surface area (Å²) in [4.78, 5) is 10.3. The van der Waals surface area contributed by atoms with Gasteiger partial charge in [0.2, 0.25) is 0 Å². The van der Waals surface area contributed by atoms with Crippen LogP contribution < -0.4 is 0 Å². The lowest BCUT2D eigenvalue weighted by Crippen LogP contribution is -2.33. The normalized spacial score (nSPS) is 19.8. The van der Waals surface area contributed by atoms with Crippen LogP contribution in [0, 0.1) is 0 Å². The van der Waals surface area contributed by atoms with Crippen LogP contribution in [0.4, 0.5) is 0 Å². The summed E-state index contributed by atoms with van der Waals surface area (Å²) in [6, 6.07) is 21.7. The van der Waals surface area contributed by atoms with E-state index in [0.717, 1.165) is 52.4 Å². The molecule has 2 heterocycles. The summed E-state index contributed by atoms with van der Waals surface area (Å²) in [6.07, 6.45) is 0. The largest absolute Gasteiger partial charge is 0.354 e. The Balaban J connectivity index is 1.68. The fourth-order valence-electron chi connectivity index (χ4n) is 4.40. The molecule has 2 fully saturated rings. The third-order valence-electron chi connectivity index (χ3n) is 5.87. The molecule has 0 aromatic heterocycles. The molecule has 2 aromatic rings. The van der Waals surface area contributed by atoms with Gasteiger partial charge in [0.1, 0.15) is 11.6 Å². The second kappa shape index (κ2) is 8.59. The topological polar surface area (TPSA) is 13.0 Å². The van der Waals surface area contributed by atoms with Crippen molar-refractivity contribution in [3.05, 3.63) is 83.4 Å². The average molecular weight is 377 g/mol. The van der Waals surface area contributed by atoms with E-state index in [-0.39, 0.29) is 0 Å². The summed E-state index contributed by atoms with van der Waals surface area (Å²) < 4.78 is 0. The van der Waals surface area contributed by atoms with Crippen molar-refractivity contribution in [3.8, 4) is 0 Å². The molecule has 2 aliphatic heterocycles. The molecule has 0 bridgehead atoms. The minimum absolute atomic E-state index is 0.979. The highest BCUT2D eigenvalue weighted by Gasteiger charge is 2.35. The summed E-state index contributed by atoms with van der Waals surface area (Å²) in [7, 11) is 0. The molecule has 0 aliphatic carbocycles. The summed E-state index contributed by atoms with van der Waals surface area (Å²) in [5.41, 5.74) is 2.77. The van der Waals surface area contributed by atoms with Gasteiger partial charge in [0.05, 0.1) is 0 Å². The first-order chi connectivity index (χ1) is 13.8. The Labute approximate surface area is 169 Å². The third-order valence-corrected chi connectivity index (χ3v) is 5.87. The number of rotatable bonds is 6. The lowest BCUT2D eigenvalue weighted by molar-refractivity contribution is 0.258. The van der Waals surface area contributed by atoms with Gasteiger partial charge in [0.15, 0.2) is 0 Å². The van der Waals surface area contributed by atoms with E-state index in [1.54, 1.807) is 0 Å². The van der Waals surface area contributed by atoms with Gasteiger partial charge in [-0.3, -0.25) is 0 Å². The highest BCUT2D eigenvalue weighted by Crippen LogP contribution is 2.31. The Morgan fingerprint density at radius 2 is 0.893 bits per heavy atom. The molecule has 0 atom stereocenters. The van der Waals surface area contributed by atoms with E-state index in [4.69, 9.17) is 0 Å². The zero-order valence-corrected chi connectivity index (χ0v) is 17.2. The summed E-state index contributed by atoms with van der Waals surface area (Å²) in [5, 5.41) is 0. The first-order valence-corrected chi connectivity index (χ1v) is 10.6. The van der Waals surface area contributed by atoms with Crippen molar-refractivity contribution in [2.24, 2.45) is 0 Å². The Morgan fingerprint density at radius 3 is 1.25 bits per heavy atom. The van der Waals surface area contributed by atoms with Crippen molar-refractivity contribution in [2.75, 3.05) is 39.3 Å². The van der Waals surface area contributed by atoms with E-state index in [2.05, 4.69) is 94.1 Å². The zero-order valence-electron chi connectivity index (χ0n) is 17.2. The fourth-order valence-corrected chi connectivity index (χ4v) is 4.40. The molecule has 4 rings (SSSR count). The Hall–Kier alpha value is -2.62. The summed E-state index contributed by atoms with van der Waals surface area (Å²) in [6.45, 7) is 13.0. The number of hydrogen-bond donors (Lipinski definition) is 0. The Kier molecular flexibility index (Phi) is 5.75. The molecule has 2 aliphatic rings. The van der Waals surface area contributed by atoms with Gasteiger partial charge >= 0.3 is 0 Å². The molecular formula is C24H32N4. The van der Waals surface area contributed by atoms with Gasteiger partial charge < -0.3 is 19.6 Å². The van der Waals surface area contributed by atoms with Crippen LogP contribution in [0.2, 0.25) is 0 Å². The number of likely N-dealkylation sites (N-methyl/N-ethyl adjacent to an activating group) is 2. The summed E-state index contributed by atoms with van der Waals surface area (Å²) >= 11 is 0. The van der Waals surface area contributed by atoms with Crippen LogP contribution >= 0.6 is 0 Å². The molecule has 0 N–H and O–H groups in total. The molecule has 4 heteroatoms. The van der Waals surface area contributed by atoms with Crippen molar-refractivity contribution >= 4 is 0 Å². The van der Waals surface area contributed by atoms with E-state index >= 15 is 0 Å². The Bertz CT molecular complexity index is 719. The van der Waals surface area contributed by atoms with Crippen molar-refractivity contribution < 1.29 is 0 Å². The van der Waals surface area contributed by atoms with Crippen LogP contribution in [0.25, 0.3) is 0 Å². The van der Waals surface area contributed by atoms with Gasteiger partial charge in [-0.1, -0.05) is 60.7 Å². The fraction of sp³-hybridized carbons (Fsp3) is 0.417. The van der Waals surface area contributed by atoms with E-state index in [1.807, 2.05) is 0 Å². The quantitative estimate of drug-likeness (QED) is 0.760. The van der Waals surface area contributed by atoms with Gasteiger partial charge in [-0.05, 0) is 25.0 Å². The lowest BCUT2D eigenvalue weighted by Gasteiger charge is -2.33. The van der Waals surface area contributed by atoms with E-state index in [1.165, 1.54) is 22.8 Å². The smallest absolute Gasteiger partial charge is 0.146 e. The van der Waals surface area contributed by atoms with Crippen LogP contribution in [0.5, 0.6) is 0 Å². The SMILES string of the molecule is CCN1CCN(Cc2ccccc2)/C1=C1/N(CC)CCN1Cc1ccccc1. The predicted octanol–water partition coefficient (Wildman–Crippen LogP) is 3.79. The molecular weight excluding hydrogens is 344 g/mol. The molecule has 2 saturated heterocycles. The van der Waals surface area contributed by atoms with Crippen LogP contribution in [-0.4, -0.2) is 58.9 Å². The minimum Gasteiger partial charge on any atom is -0.354 e. The summed E-state index contributed by atoms with van der Waals surface area (Å²) in [5.74, 6) is 2.84. The first kappa shape index (κ1) is 18.7. The van der Waals surface area contributed by atoms with Crippen LogP contribution in [-0.2, 0) is 13.1 Å². The molecule has 0 amide bonds. The van der Waals surface area contributed by atoms with Crippen molar-refractivity contribution in [3.63, 3.8) is 0 Å². The van der Waals surface area contributed by atoms with Crippen LogP contribution in [0.1, 0.15) is 25.0 Å². The predicted molar refractivity (Wildman–Crippen MR) is 115 cm³/mol. The highest BCUT2D eigenvalue weighted by atomic mass is 15.5. The van der Waals surface area contributed by atoms with Gasteiger partial charge in [0, 0.05) is 52.4 Å². The molecule has 0 spiro atoms. The van der Waals surface area contributed by atoms with Crippen molar-refractivity contribution in [1.82, 2.24) is 19.6 Å². The number of nitrogens with zero attached hydrogens (tertiary/aromatic N) is 4. The average Bonchev–Trinajstić information content (AvgIpc) is 3.32. The first-order valence-electron chi connectivity index (χ1n) is 10.6. The van der Waals surface area contributed by atoms with Crippen molar-refractivity contribution in [2.45, 2.75) is 26.9 Å². The van der Waals surface area contributed by atoms with Gasteiger partial charge in [-0.15, -0.1) is 0 Å². The highest BCUT2D eigenvalue weighted by molar-refractivity contribution is 5.23. The van der Waals surface area contributed by atoms with Crippen LogP contribution in [0.15, 0.2) is 72.3 Å². The third kappa shape index (κ3) is 3.82. The zero-order chi connectivity index (χ0) is 19.3. The molecule has 28 heavy (non-hydrogen) atoms. The lowest BCUT2D eigenvalue weighted by atomic mass is 10.2. The van der Waals surface area contributed by atoms with Gasteiger partial charge in [0.25, 0.3) is 0 Å². The van der Waals surface area contributed by atoms with Crippen molar-refractivity contribution in [1.29, 1.82) is 0 Å². The Morgan fingerprint density at radius 1 is 0.536 bits per heavy atom. The molecule has 148 valence electrons. The van der Waals surface area contributed by atoms with Gasteiger partial charge in [-0.25, -0.2) is 0 Å². The minimum atomic E-state index is 0.979. The van der Waals surface area contributed by atoms with E-state index in [0.29, 0.717) is 0 Å². The second-order valence-electron chi connectivity index (χ2n) is 7.62. The van der Waals surface area contributed by atoms with Crippen LogP contribution in [0.3, 0.4) is 0 Å².